The van der Waals surface area contributed by atoms with E-state index < -0.39 is 0 Å². The molecule has 1 rings (SSSR count). The van der Waals surface area contributed by atoms with Crippen LogP contribution in [-0.4, -0.2) is 18.9 Å². The van der Waals surface area contributed by atoms with Crippen molar-refractivity contribution in [3.05, 3.63) is 35.1 Å². The molecular weight excluding hydrogens is 217 g/mol. The van der Waals surface area contributed by atoms with Crippen LogP contribution in [0.15, 0.2) is 18.2 Å². The number of nitrogens with one attached hydrogen (secondary N) is 1. The molecule has 0 aliphatic heterocycles. The van der Waals surface area contributed by atoms with Gasteiger partial charge in [-0.1, -0.05) is 12.1 Å². The summed E-state index contributed by atoms with van der Waals surface area (Å²) in [6, 6.07) is 5.21. The summed E-state index contributed by atoms with van der Waals surface area (Å²) in [5.41, 5.74) is 1.84. The maximum Gasteiger partial charge on any atom is 0.129 e. The fourth-order valence-corrected chi connectivity index (χ4v) is 1.68. The molecule has 0 amide bonds. The van der Waals surface area contributed by atoms with Crippen molar-refractivity contribution in [2.75, 3.05) is 13.1 Å². The van der Waals surface area contributed by atoms with Crippen LogP contribution < -0.4 is 5.32 Å². The van der Waals surface area contributed by atoms with E-state index in [1.807, 2.05) is 12.1 Å². The standard InChI is InChI=1S/C14H20FNO/c1-11-10-13(5-6-14(11)15)7-9-16-8-3-4-12(2)17/h5-6,10,16H,3-4,7-9H2,1-2H3. The van der Waals surface area contributed by atoms with Crippen molar-refractivity contribution < 1.29 is 9.18 Å². The monoisotopic (exact) mass is 237 g/mol. The Bertz CT molecular complexity index is 376. The molecule has 1 aromatic carbocycles. The molecule has 0 saturated carbocycles. The highest BCUT2D eigenvalue weighted by atomic mass is 19.1. The van der Waals surface area contributed by atoms with Gasteiger partial charge in [0, 0.05) is 6.42 Å². The number of hydrogen-bond acceptors (Lipinski definition) is 2. The molecule has 3 heteroatoms. The van der Waals surface area contributed by atoms with Gasteiger partial charge in [0.15, 0.2) is 0 Å². The summed E-state index contributed by atoms with van der Waals surface area (Å²) in [5.74, 6) is 0.0872. The van der Waals surface area contributed by atoms with Crippen LogP contribution in [0, 0.1) is 12.7 Å². The minimum atomic E-state index is -0.150. The van der Waals surface area contributed by atoms with Crippen LogP contribution in [0.1, 0.15) is 30.9 Å². The Balaban J connectivity index is 2.18. The summed E-state index contributed by atoms with van der Waals surface area (Å²) in [6.45, 7) is 5.11. The van der Waals surface area contributed by atoms with E-state index in [-0.39, 0.29) is 11.6 Å². The van der Waals surface area contributed by atoms with Crippen molar-refractivity contribution in [1.82, 2.24) is 5.32 Å². The Morgan fingerprint density at radius 2 is 2.12 bits per heavy atom. The fourth-order valence-electron chi connectivity index (χ4n) is 1.68. The molecule has 0 spiro atoms. The average Bonchev–Trinajstić information content (AvgIpc) is 2.27. The minimum absolute atomic E-state index is 0.150. The molecule has 0 heterocycles. The van der Waals surface area contributed by atoms with Crippen molar-refractivity contribution in [3.8, 4) is 0 Å². The van der Waals surface area contributed by atoms with Crippen LogP contribution in [0.25, 0.3) is 0 Å². The van der Waals surface area contributed by atoms with Crippen LogP contribution >= 0.6 is 0 Å². The number of halogens is 1. The van der Waals surface area contributed by atoms with Crippen molar-refractivity contribution in [2.24, 2.45) is 0 Å². The SMILES string of the molecule is CC(=O)CCCNCCc1ccc(F)c(C)c1. The zero-order chi connectivity index (χ0) is 12.7. The van der Waals surface area contributed by atoms with Gasteiger partial charge in [0.2, 0.25) is 0 Å². The van der Waals surface area contributed by atoms with Gasteiger partial charge in [-0.25, -0.2) is 4.39 Å². The Morgan fingerprint density at radius 3 is 2.76 bits per heavy atom. The third kappa shape index (κ3) is 5.59. The van der Waals surface area contributed by atoms with Crippen LogP contribution in [0.3, 0.4) is 0 Å². The van der Waals surface area contributed by atoms with Crippen molar-refractivity contribution >= 4 is 5.78 Å². The van der Waals surface area contributed by atoms with Gasteiger partial charge >= 0.3 is 0 Å². The number of Topliss-reactive ketones (excluding diaryl/α,β-unsaturated/α-hetero) is 1. The molecular formula is C14H20FNO. The fraction of sp³-hybridized carbons (Fsp3) is 0.500. The third-order valence-corrected chi connectivity index (χ3v) is 2.70. The molecule has 0 saturated heterocycles. The first-order valence-electron chi connectivity index (χ1n) is 6.05. The molecule has 0 bridgehead atoms. The molecule has 2 nitrogen and oxygen atoms in total. The normalized spacial score (nSPS) is 10.5. The van der Waals surface area contributed by atoms with Gasteiger partial charge in [-0.05, 0) is 57.0 Å². The molecule has 0 unspecified atom stereocenters. The first-order valence-corrected chi connectivity index (χ1v) is 6.05. The topological polar surface area (TPSA) is 29.1 Å². The van der Waals surface area contributed by atoms with Gasteiger partial charge in [0.05, 0.1) is 0 Å². The van der Waals surface area contributed by atoms with Crippen LogP contribution in [0.2, 0.25) is 0 Å². The van der Waals surface area contributed by atoms with E-state index in [9.17, 15) is 9.18 Å². The van der Waals surface area contributed by atoms with E-state index in [1.165, 1.54) is 6.07 Å². The minimum Gasteiger partial charge on any atom is -0.316 e. The lowest BCUT2D eigenvalue weighted by atomic mass is 10.1. The van der Waals surface area contributed by atoms with E-state index in [0.717, 1.165) is 31.5 Å². The summed E-state index contributed by atoms with van der Waals surface area (Å²) >= 11 is 0. The van der Waals surface area contributed by atoms with Gasteiger partial charge in [-0.2, -0.15) is 0 Å². The summed E-state index contributed by atoms with van der Waals surface area (Å²) in [6.07, 6.45) is 2.42. The highest BCUT2D eigenvalue weighted by Gasteiger charge is 1.99. The maximum absolute atomic E-state index is 13.0. The number of ketones is 1. The van der Waals surface area contributed by atoms with E-state index in [0.29, 0.717) is 12.0 Å². The lowest BCUT2D eigenvalue weighted by Gasteiger charge is -2.05. The van der Waals surface area contributed by atoms with Crippen molar-refractivity contribution in [1.29, 1.82) is 0 Å². The molecule has 0 aromatic heterocycles. The van der Waals surface area contributed by atoms with Gasteiger partial charge in [0.25, 0.3) is 0 Å². The summed E-state index contributed by atoms with van der Waals surface area (Å²) in [7, 11) is 0. The van der Waals surface area contributed by atoms with E-state index in [2.05, 4.69) is 5.32 Å². The number of carbonyl (C=O) groups excluding carboxylic acids is 1. The highest BCUT2D eigenvalue weighted by Crippen LogP contribution is 2.09. The Labute approximate surface area is 102 Å². The van der Waals surface area contributed by atoms with Crippen LogP contribution in [-0.2, 0) is 11.2 Å². The van der Waals surface area contributed by atoms with E-state index in [1.54, 1.807) is 13.8 Å². The molecule has 17 heavy (non-hydrogen) atoms. The molecule has 0 atom stereocenters. The van der Waals surface area contributed by atoms with E-state index in [4.69, 9.17) is 0 Å². The predicted octanol–water partition coefficient (Wildman–Crippen LogP) is 2.64. The smallest absolute Gasteiger partial charge is 0.129 e. The quantitative estimate of drug-likeness (QED) is 0.739. The third-order valence-electron chi connectivity index (χ3n) is 2.70. The molecule has 0 fully saturated rings. The summed E-state index contributed by atoms with van der Waals surface area (Å²) in [5, 5.41) is 3.28. The number of benzene rings is 1. The molecule has 1 aromatic rings. The largest absolute Gasteiger partial charge is 0.316 e. The number of hydrogen-bond donors (Lipinski definition) is 1. The second kappa shape index (κ2) is 7.17. The van der Waals surface area contributed by atoms with Crippen LogP contribution in [0.4, 0.5) is 4.39 Å². The predicted molar refractivity (Wildman–Crippen MR) is 67.6 cm³/mol. The molecule has 0 aliphatic rings. The Hall–Kier alpha value is -1.22. The van der Waals surface area contributed by atoms with E-state index >= 15 is 0 Å². The van der Waals surface area contributed by atoms with Gasteiger partial charge in [0.1, 0.15) is 11.6 Å². The van der Waals surface area contributed by atoms with Gasteiger partial charge in [-0.15, -0.1) is 0 Å². The average molecular weight is 237 g/mol. The molecule has 94 valence electrons. The van der Waals surface area contributed by atoms with Crippen LogP contribution in [0.5, 0.6) is 0 Å². The molecule has 1 N–H and O–H groups in total. The lowest BCUT2D eigenvalue weighted by Crippen LogP contribution is -2.19. The molecule has 0 radical (unpaired) electrons. The molecule has 0 aliphatic carbocycles. The van der Waals surface area contributed by atoms with Gasteiger partial charge < -0.3 is 10.1 Å². The maximum atomic E-state index is 13.0. The zero-order valence-corrected chi connectivity index (χ0v) is 10.6. The first kappa shape index (κ1) is 13.8. The summed E-state index contributed by atoms with van der Waals surface area (Å²) < 4.78 is 13.0. The van der Waals surface area contributed by atoms with Crippen molar-refractivity contribution in [3.63, 3.8) is 0 Å². The second-order valence-electron chi connectivity index (χ2n) is 4.39. The second-order valence-corrected chi connectivity index (χ2v) is 4.39. The number of carbonyl (C=O) groups is 1. The van der Waals surface area contributed by atoms with Crippen molar-refractivity contribution in [2.45, 2.75) is 33.1 Å². The number of rotatable bonds is 7. The Kier molecular flexibility index (Phi) is 5.84. The number of aryl methyl sites for hydroxylation is 1. The summed E-state index contributed by atoms with van der Waals surface area (Å²) in [4.78, 5) is 10.7. The lowest BCUT2D eigenvalue weighted by molar-refractivity contribution is -0.117. The van der Waals surface area contributed by atoms with Gasteiger partial charge in [-0.3, -0.25) is 0 Å². The first-order chi connectivity index (χ1) is 8.09. The Morgan fingerprint density at radius 1 is 1.35 bits per heavy atom. The zero-order valence-electron chi connectivity index (χ0n) is 10.6. The highest BCUT2D eigenvalue weighted by molar-refractivity contribution is 5.75.